The van der Waals surface area contributed by atoms with Crippen molar-refractivity contribution >= 4 is 23.1 Å². The Kier molecular flexibility index (Phi) is 3.28. The molecule has 5 nitrogen and oxygen atoms in total. The van der Waals surface area contributed by atoms with Crippen LogP contribution in [0, 0.1) is 23.2 Å². The fourth-order valence-electron chi connectivity index (χ4n) is 3.93. The summed E-state index contributed by atoms with van der Waals surface area (Å²) in [5.74, 6) is -0.454. The van der Waals surface area contributed by atoms with Gasteiger partial charge in [0.15, 0.2) is 17.4 Å². The molecule has 0 spiro atoms. The number of hydrogen-bond acceptors (Lipinski definition) is 5. The zero-order valence-electron chi connectivity index (χ0n) is 14.2. The first kappa shape index (κ1) is 15.6. The second-order valence-electron chi connectivity index (χ2n) is 6.79. The van der Waals surface area contributed by atoms with E-state index in [0.29, 0.717) is 28.3 Å². The first-order valence-electron chi connectivity index (χ1n) is 8.70. The van der Waals surface area contributed by atoms with E-state index in [4.69, 9.17) is 5.26 Å². The molecule has 0 saturated carbocycles. The van der Waals surface area contributed by atoms with Gasteiger partial charge in [0, 0.05) is 16.7 Å². The lowest BCUT2D eigenvalue weighted by Gasteiger charge is -2.32. The van der Waals surface area contributed by atoms with Gasteiger partial charge < -0.3 is 0 Å². The number of fused-ring (bicyclic) bond motifs is 3. The number of rotatable bonds is 1. The molecule has 0 N–H and O–H groups in total. The summed E-state index contributed by atoms with van der Waals surface area (Å²) < 4.78 is 0. The van der Waals surface area contributed by atoms with Crippen molar-refractivity contribution in [2.75, 3.05) is 0 Å². The van der Waals surface area contributed by atoms with Crippen LogP contribution in [0.4, 0.5) is 0 Å². The highest BCUT2D eigenvalue weighted by atomic mass is 16.1. The maximum Gasteiger partial charge on any atom is 0.171 e. The normalized spacial score (nSPS) is 27.6. The number of allylic oxidation sites excluding steroid dienone is 6. The Morgan fingerprint density at radius 1 is 0.926 bits per heavy atom. The van der Waals surface area contributed by atoms with Crippen LogP contribution < -0.4 is 0 Å². The topological polar surface area (TPSA) is 82.7 Å². The van der Waals surface area contributed by atoms with Crippen LogP contribution in [0.25, 0.3) is 0 Å². The summed E-state index contributed by atoms with van der Waals surface area (Å²) in [5.41, 5.74) is 2.91. The fourth-order valence-corrected chi connectivity index (χ4v) is 3.93. The third-order valence-corrected chi connectivity index (χ3v) is 5.29. The lowest BCUT2D eigenvalue weighted by atomic mass is 9.69. The minimum Gasteiger partial charge on any atom is -0.294 e. The number of aliphatic imine (C=N–C) groups is 2. The summed E-state index contributed by atoms with van der Waals surface area (Å²) in [6.45, 7) is 0. The van der Waals surface area contributed by atoms with E-state index in [1.54, 1.807) is 48.6 Å². The third kappa shape index (κ3) is 2.24. The van der Waals surface area contributed by atoms with E-state index in [1.807, 2.05) is 12.2 Å². The minimum atomic E-state index is -0.535. The van der Waals surface area contributed by atoms with Crippen molar-refractivity contribution < 1.29 is 9.59 Å². The summed E-state index contributed by atoms with van der Waals surface area (Å²) in [6, 6.07) is 8.54. The molecule has 128 valence electrons. The molecule has 0 unspecified atom stereocenters. The predicted molar refractivity (Wildman–Crippen MR) is 100 cm³/mol. The van der Waals surface area contributed by atoms with E-state index < -0.39 is 17.9 Å². The number of carbonyl (C=O) groups is 2. The average molecular weight is 351 g/mol. The van der Waals surface area contributed by atoms with Crippen LogP contribution in [0.5, 0.6) is 0 Å². The minimum absolute atomic E-state index is 0.0347. The Bertz CT molecular complexity index is 1120. The monoisotopic (exact) mass is 351 g/mol. The van der Waals surface area contributed by atoms with Gasteiger partial charge in [0.05, 0.1) is 29.2 Å². The molecule has 27 heavy (non-hydrogen) atoms. The van der Waals surface area contributed by atoms with Gasteiger partial charge in [0.25, 0.3) is 0 Å². The van der Waals surface area contributed by atoms with Gasteiger partial charge in [0.2, 0.25) is 0 Å². The van der Waals surface area contributed by atoms with E-state index in [2.05, 4.69) is 16.1 Å². The first-order valence-corrected chi connectivity index (χ1v) is 8.70. The summed E-state index contributed by atoms with van der Waals surface area (Å²) in [5, 5.41) is 8.94. The lowest BCUT2D eigenvalue weighted by molar-refractivity contribution is -0.127. The highest BCUT2D eigenvalue weighted by molar-refractivity contribution is 6.27. The number of carbonyl (C=O) groups excluding carboxylic acids is 2. The van der Waals surface area contributed by atoms with Crippen molar-refractivity contribution in [3.8, 4) is 6.07 Å². The lowest BCUT2D eigenvalue weighted by Crippen LogP contribution is -2.41. The molecule has 1 aliphatic heterocycles. The Labute approximate surface area is 155 Å². The van der Waals surface area contributed by atoms with Crippen molar-refractivity contribution in [1.29, 1.82) is 5.26 Å². The highest BCUT2D eigenvalue weighted by Crippen LogP contribution is 2.38. The number of nitrogens with zero attached hydrogens (tertiary/aromatic N) is 3. The molecule has 0 fully saturated rings. The maximum atomic E-state index is 13.1. The Balaban J connectivity index is 1.58. The summed E-state index contributed by atoms with van der Waals surface area (Å²) in [7, 11) is 0. The van der Waals surface area contributed by atoms with Crippen LogP contribution in [0.1, 0.15) is 11.1 Å². The standard InChI is InChI=1S/C22H13N3O2/c23-11-12-5-7-13(8-6-12)22-24-17-10-9-16-18(19(17)25-22)21(27)15-4-2-1-3-14(15)20(16)26/h1-10,14-15,19H/t14-,15-,19+/m0/s1. The molecule has 0 saturated heterocycles. The van der Waals surface area contributed by atoms with Crippen LogP contribution in [-0.2, 0) is 9.59 Å². The number of hydrogen-bond donors (Lipinski definition) is 0. The predicted octanol–water partition coefficient (Wildman–Crippen LogP) is 2.50. The molecule has 5 rings (SSSR count). The number of ketones is 2. The number of Topliss-reactive ketones (excluding diaryl/α,β-unsaturated/α-hetero) is 2. The molecule has 4 aliphatic rings. The molecule has 1 heterocycles. The van der Waals surface area contributed by atoms with Gasteiger partial charge in [-0.25, -0.2) is 4.99 Å². The van der Waals surface area contributed by atoms with Gasteiger partial charge >= 0.3 is 0 Å². The van der Waals surface area contributed by atoms with Gasteiger partial charge in [-0.3, -0.25) is 14.6 Å². The third-order valence-electron chi connectivity index (χ3n) is 5.29. The van der Waals surface area contributed by atoms with Gasteiger partial charge in [-0.05, 0) is 36.4 Å². The molecule has 1 aromatic carbocycles. The highest BCUT2D eigenvalue weighted by Gasteiger charge is 2.46. The molecular weight excluding hydrogens is 338 g/mol. The molecule has 3 atom stereocenters. The largest absolute Gasteiger partial charge is 0.294 e. The van der Waals surface area contributed by atoms with Crippen molar-refractivity contribution in [2.45, 2.75) is 6.04 Å². The molecule has 0 aromatic heterocycles. The zero-order valence-corrected chi connectivity index (χ0v) is 14.2. The smallest absolute Gasteiger partial charge is 0.171 e. The summed E-state index contributed by atoms with van der Waals surface area (Å²) in [4.78, 5) is 35.2. The van der Waals surface area contributed by atoms with Gasteiger partial charge in [-0.15, -0.1) is 0 Å². The Morgan fingerprint density at radius 2 is 1.63 bits per heavy atom. The molecule has 1 aromatic rings. The second-order valence-corrected chi connectivity index (χ2v) is 6.79. The van der Waals surface area contributed by atoms with Crippen molar-refractivity contribution in [3.63, 3.8) is 0 Å². The molecule has 3 aliphatic carbocycles. The maximum absolute atomic E-state index is 13.1. The first-order chi connectivity index (χ1) is 13.2. The number of nitriles is 1. The van der Waals surface area contributed by atoms with E-state index in [1.165, 1.54) is 0 Å². The van der Waals surface area contributed by atoms with Crippen LogP contribution in [0.3, 0.4) is 0 Å². The summed E-state index contributed by atoms with van der Waals surface area (Å²) in [6.07, 6.45) is 10.7. The molecule has 0 radical (unpaired) electrons. The van der Waals surface area contributed by atoms with E-state index in [0.717, 1.165) is 5.56 Å². The van der Waals surface area contributed by atoms with Crippen LogP contribution >= 0.6 is 0 Å². The average Bonchev–Trinajstić information content (AvgIpc) is 3.16. The van der Waals surface area contributed by atoms with E-state index in [9.17, 15) is 9.59 Å². The fraction of sp³-hybridized carbons (Fsp3) is 0.136. The second kappa shape index (κ2) is 5.68. The number of benzene rings is 1. The van der Waals surface area contributed by atoms with Gasteiger partial charge in [0.1, 0.15) is 6.04 Å². The van der Waals surface area contributed by atoms with Crippen LogP contribution in [0.2, 0.25) is 0 Å². The van der Waals surface area contributed by atoms with Crippen LogP contribution in [-0.4, -0.2) is 29.2 Å². The number of amidine groups is 1. The van der Waals surface area contributed by atoms with Crippen LogP contribution in [0.15, 0.2) is 81.9 Å². The van der Waals surface area contributed by atoms with Gasteiger partial charge in [-0.1, -0.05) is 24.3 Å². The SMILES string of the molecule is N#Cc1ccc(C2=N[C@@H]3C(=N2)C=CC2=C3C(=O)[C@H]3C=CC=C[C@@H]3C2=O)cc1. The molecule has 0 amide bonds. The zero-order chi connectivity index (χ0) is 18.5. The Morgan fingerprint density at radius 3 is 2.33 bits per heavy atom. The van der Waals surface area contributed by atoms with E-state index >= 15 is 0 Å². The van der Waals surface area contributed by atoms with Gasteiger partial charge in [-0.2, -0.15) is 5.26 Å². The van der Waals surface area contributed by atoms with Crippen molar-refractivity contribution in [1.82, 2.24) is 0 Å². The van der Waals surface area contributed by atoms with Crippen molar-refractivity contribution in [3.05, 3.63) is 83.0 Å². The summed E-state index contributed by atoms with van der Waals surface area (Å²) >= 11 is 0. The van der Waals surface area contributed by atoms with E-state index in [-0.39, 0.29) is 11.6 Å². The molecule has 0 bridgehead atoms. The van der Waals surface area contributed by atoms with Crippen molar-refractivity contribution in [2.24, 2.45) is 21.8 Å². The quantitative estimate of drug-likeness (QED) is 0.779. The molecule has 5 heteroatoms. The Hall–Kier alpha value is -3.65. The molecular formula is C22H13N3O2.